The number of rotatable bonds is 2. The first-order valence-electron chi connectivity index (χ1n) is 12.2. The van der Waals surface area contributed by atoms with Gasteiger partial charge in [-0.3, -0.25) is 0 Å². The van der Waals surface area contributed by atoms with E-state index in [1.54, 1.807) is 11.9 Å². The number of ether oxygens (including phenoxy) is 2. The molecule has 4 nitrogen and oxygen atoms in total. The third kappa shape index (κ3) is 1.28. The van der Waals surface area contributed by atoms with Crippen LogP contribution < -0.4 is 9.47 Å². The van der Waals surface area contributed by atoms with Crippen LogP contribution in [0, 0.1) is 5.89 Å². The minimum atomic E-state index is -2.98. The van der Waals surface area contributed by atoms with E-state index in [0.717, 1.165) is 0 Å². The van der Waals surface area contributed by atoms with Gasteiger partial charge in [-0.1, -0.05) is 18.2 Å². The fourth-order valence-corrected chi connectivity index (χ4v) is 4.32. The molecule has 22 heavy (non-hydrogen) atoms. The first-order chi connectivity index (χ1) is 14.7. The lowest BCUT2D eigenvalue weighted by atomic mass is 9.53. The number of methoxy groups -OCH3 is 1. The largest absolute Gasteiger partial charge is 0.493 e. The molecule has 116 valence electrons. The molecule has 0 aromatic heterocycles. The Balaban J connectivity index is 1.95. The van der Waals surface area contributed by atoms with Crippen molar-refractivity contribution in [1.29, 1.82) is 1.43 Å². The lowest BCUT2D eigenvalue weighted by molar-refractivity contribution is -0.0453. The van der Waals surface area contributed by atoms with E-state index in [9.17, 15) is 1.37 Å². The molecule has 1 aromatic carbocycles. The molecular formula is C18H21NO3. The maximum Gasteiger partial charge on any atom is 0.211 e. The number of piperidine rings is 1. The predicted octanol–water partition coefficient (Wildman–Crippen LogP) is 1.50. The standard InChI is InChI=1S/C18H21NO3/c1-19-8-7-18-11-4-5-13(20)17(18)22-16-14(21-2)6-3-10(15(16)18)9-12(11)19/h3-6,11-13,17,20H,7-9H2,1-2H3/t11-,12+,13?,17?,18-/m0/s1/i2D3,3D,6D,9D2,11D,13D,20D. The van der Waals surface area contributed by atoms with E-state index in [0.29, 0.717) is 6.54 Å². The van der Waals surface area contributed by atoms with Crippen molar-refractivity contribution in [3.8, 4) is 11.5 Å². The van der Waals surface area contributed by atoms with E-state index < -0.39 is 60.8 Å². The second kappa shape index (κ2) is 4.06. The molecule has 2 aliphatic heterocycles. The second-order valence-corrected chi connectivity index (χ2v) is 6.20. The van der Waals surface area contributed by atoms with Gasteiger partial charge in [0, 0.05) is 27.0 Å². The third-order valence-electron chi connectivity index (χ3n) is 5.29. The molecular weight excluding hydrogens is 278 g/mol. The highest BCUT2D eigenvalue weighted by Gasteiger charge is 2.64. The van der Waals surface area contributed by atoms with E-state index in [2.05, 4.69) is 0 Å². The molecule has 5 rings (SSSR count). The summed E-state index contributed by atoms with van der Waals surface area (Å²) in [7, 11) is -1.30. The molecule has 2 unspecified atom stereocenters. The van der Waals surface area contributed by atoms with Crippen LogP contribution in [0.4, 0.5) is 0 Å². The van der Waals surface area contributed by atoms with Gasteiger partial charge in [-0.05, 0) is 38.0 Å². The SMILES string of the molecule is [2H]OC1([2H])C=C[C@@]2([2H])[C@@H]3N(C)CC[C@@]24c2c(c(OC([2H])([2H])[2H])c([2H])c([2H])c2C3([2H])[2H])OC14. The smallest absolute Gasteiger partial charge is 0.211 e. The molecule has 2 heterocycles. The fourth-order valence-electron chi connectivity index (χ4n) is 4.32. The van der Waals surface area contributed by atoms with Crippen LogP contribution in [0.5, 0.6) is 11.5 Å². The van der Waals surface area contributed by atoms with Crippen LogP contribution in [0.2, 0.25) is 0 Å². The zero-order valence-corrected chi connectivity index (χ0v) is 11.9. The Morgan fingerprint density at radius 2 is 2.59 bits per heavy atom. The number of benzene rings is 1. The Bertz CT molecular complexity index is 1060. The summed E-state index contributed by atoms with van der Waals surface area (Å²) in [6.07, 6.45) is -2.88. The van der Waals surface area contributed by atoms with E-state index in [1.165, 1.54) is 12.2 Å². The molecule has 2 bridgehead atoms. The minimum Gasteiger partial charge on any atom is -0.493 e. The van der Waals surface area contributed by atoms with Gasteiger partial charge in [0.05, 0.1) is 15.3 Å². The Morgan fingerprint density at radius 3 is 3.45 bits per heavy atom. The summed E-state index contributed by atoms with van der Waals surface area (Å²) in [4.78, 5) is 1.69. The van der Waals surface area contributed by atoms with Crippen LogP contribution in [0.1, 0.15) is 29.9 Å². The molecule has 4 aliphatic rings. The van der Waals surface area contributed by atoms with Crippen LogP contribution >= 0.6 is 0 Å². The number of hydrogen-bond donors (Lipinski definition) is 1. The monoisotopic (exact) mass is 309 g/mol. The predicted molar refractivity (Wildman–Crippen MR) is 82.5 cm³/mol. The molecule has 0 radical (unpaired) electrons. The van der Waals surface area contributed by atoms with Crippen molar-refractivity contribution in [2.24, 2.45) is 5.89 Å². The lowest BCUT2D eigenvalue weighted by Gasteiger charge is -2.56. The van der Waals surface area contributed by atoms with Gasteiger partial charge in [0.1, 0.15) is 12.2 Å². The van der Waals surface area contributed by atoms with Gasteiger partial charge in [-0.15, -0.1) is 0 Å². The van der Waals surface area contributed by atoms with Gasteiger partial charge in [0.15, 0.2) is 11.5 Å². The Kier molecular flexibility index (Phi) is 1.21. The maximum absolute atomic E-state index is 9.48. The van der Waals surface area contributed by atoms with Crippen molar-refractivity contribution in [3.05, 3.63) is 35.4 Å². The highest BCUT2D eigenvalue weighted by molar-refractivity contribution is 5.62. The summed E-state index contributed by atoms with van der Waals surface area (Å²) < 4.78 is 94.1. The van der Waals surface area contributed by atoms with Crippen LogP contribution in [0.15, 0.2) is 24.2 Å². The van der Waals surface area contributed by atoms with Crippen molar-refractivity contribution < 1.29 is 26.9 Å². The summed E-state index contributed by atoms with van der Waals surface area (Å²) in [6.45, 7) is 0.330. The molecule has 0 amide bonds. The molecule has 2 aliphatic carbocycles. The number of nitrogens with zero attached hydrogens (tertiary/aromatic N) is 1. The zero-order chi connectivity index (χ0) is 23.6. The minimum absolute atomic E-state index is 0.0742. The molecule has 1 saturated heterocycles. The summed E-state index contributed by atoms with van der Waals surface area (Å²) >= 11 is 0. The number of likely N-dealkylation sites (N-methyl/N-ethyl adjacent to an activating group) is 1. The Hall–Kier alpha value is -1.52. The van der Waals surface area contributed by atoms with Crippen LogP contribution in [0.25, 0.3) is 0 Å². The Labute approximate surface area is 144 Å². The van der Waals surface area contributed by atoms with E-state index in [1.807, 2.05) is 0 Å². The summed E-state index contributed by atoms with van der Waals surface area (Å²) in [5.74, 6) is -2.49. The van der Waals surface area contributed by atoms with Crippen molar-refractivity contribution in [2.75, 3.05) is 20.6 Å². The highest BCUT2D eigenvalue weighted by atomic mass is 16.5. The fraction of sp³-hybridized carbons (Fsp3) is 0.556. The molecule has 1 N–H and O–H groups in total. The van der Waals surface area contributed by atoms with Gasteiger partial charge >= 0.3 is 0 Å². The number of likely N-dealkylation sites (tertiary alicyclic amines) is 1. The first kappa shape index (κ1) is 6.54. The number of hydrogen-bond acceptors (Lipinski definition) is 4. The van der Waals surface area contributed by atoms with Gasteiger partial charge in [-0.25, -0.2) is 0 Å². The normalized spacial score (nSPS) is 57.1. The number of aliphatic hydroxyl groups is 1. The van der Waals surface area contributed by atoms with Crippen LogP contribution in [-0.4, -0.2) is 50.3 Å². The summed E-state index contributed by atoms with van der Waals surface area (Å²) in [5.41, 5.74) is -1.50. The summed E-state index contributed by atoms with van der Waals surface area (Å²) in [5, 5.41) is 4.72. The Morgan fingerprint density at radius 1 is 1.64 bits per heavy atom. The highest BCUT2D eigenvalue weighted by Crippen LogP contribution is 2.62. The topological polar surface area (TPSA) is 41.9 Å². The van der Waals surface area contributed by atoms with Crippen molar-refractivity contribution in [3.63, 3.8) is 0 Å². The van der Waals surface area contributed by atoms with Crippen LogP contribution in [0.3, 0.4) is 0 Å². The van der Waals surface area contributed by atoms with E-state index in [-0.39, 0.29) is 23.3 Å². The average molecular weight is 309 g/mol. The molecule has 5 atom stereocenters. The average Bonchev–Trinajstić information content (AvgIpc) is 3.02. The second-order valence-electron chi connectivity index (χ2n) is 6.20. The van der Waals surface area contributed by atoms with Crippen molar-refractivity contribution >= 4 is 0 Å². The maximum atomic E-state index is 9.48. The van der Waals surface area contributed by atoms with Crippen molar-refractivity contribution in [1.82, 2.24) is 4.90 Å². The zero-order valence-electron chi connectivity index (χ0n) is 21.9. The molecule has 1 fully saturated rings. The van der Waals surface area contributed by atoms with Gasteiger partial charge in [0.25, 0.3) is 0 Å². The van der Waals surface area contributed by atoms with Crippen molar-refractivity contribution in [2.45, 2.75) is 36.4 Å². The summed E-state index contributed by atoms with van der Waals surface area (Å²) in [6, 6.07) is -2.28. The quantitative estimate of drug-likeness (QED) is 0.841. The first-order valence-corrected chi connectivity index (χ1v) is 7.24. The van der Waals surface area contributed by atoms with Crippen LogP contribution in [-0.2, 0) is 11.8 Å². The third-order valence-corrected chi connectivity index (χ3v) is 5.29. The lowest BCUT2D eigenvalue weighted by Crippen LogP contribution is -2.64. The molecule has 0 saturated carbocycles. The molecule has 1 aromatic rings. The van der Waals surface area contributed by atoms with E-state index >= 15 is 0 Å². The van der Waals surface area contributed by atoms with Gasteiger partial charge < -0.3 is 19.5 Å². The molecule has 4 heteroatoms. The van der Waals surface area contributed by atoms with Gasteiger partial charge in [-0.2, -0.15) is 0 Å². The van der Waals surface area contributed by atoms with Gasteiger partial charge in [0.2, 0.25) is 1.43 Å². The molecule has 1 spiro atoms. The van der Waals surface area contributed by atoms with E-state index in [4.69, 9.17) is 27.0 Å².